The average Bonchev–Trinajstić information content (AvgIpc) is 3.30. The number of aromatic nitrogens is 1. The second-order valence-corrected chi connectivity index (χ2v) is 11.3. The molecule has 0 spiro atoms. The minimum Gasteiger partial charge on any atom is -0.338 e. The number of thioether (sulfide) groups is 1. The molecule has 2 aliphatic rings. The molecule has 3 aromatic carbocycles. The quantitative estimate of drug-likeness (QED) is 0.279. The first-order chi connectivity index (χ1) is 16.1. The molecule has 0 N–H and O–H groups in total. The maximum absolute atomic E-state index is 2.42. The Bertz CT molecular complexity index is 1490. The van der Waals surface area contributed by atoms with Gasteiger partial charge in [-0.2, -0.15) is 4.57 Å². The summed E-state index contributed by atoms with van der Waals surface area (Å²) >= 11 is 3.76. The number of nitrogens with zero attached hydrogens (tertiary/aromatic N) is 2. The Morgan fingerprint density at radius 1 is 0.970 bits per heavy atom. The highest BCUT2D eigenvalue weighted by Gasteiger charge is 2.24. The monoisotopic (exact) mass is 467 g/mol. The number of fused-ring (bicyclic) bond motifs is 4. The molecule has 0 fully saturated rings. The highest BCUT2D eigenvalue weighted by molar-refractivity contribution is 8.03. The van der Waals surface area contributed by atoms with Gasteiger partial charge in [-0.05, 0) is 65.6 Å². The SMILES string of the molecule is CC1CC(C=C2Sc3ccccc3N2C)=CC(=Cc2sc3ccc4ccccc4c3[n+]2C)C1. The van der Waals surface area contributed by atoms with Gasteiger partial charge < -0.3 is 4.90 Å². The standard InChI is InChI=1S/C29H27N2S2/c1-19-14-20(17-27-30(2)24-10-6-7-11-25(24)32-27)16-21(15-19)18-28-31(3)29-23-9-5-4-8-22(23)12-13-26(29)33-28/h4-13,16-19H,14-15H2,1-3H3/q+1. The van der Waals surface area contributed by atoms with Gasteiger partial charge in [-0.3, -0.25) is 0 Å². The van der Waals surface area contributed by atoms with Crippen LogP contribution in [0.15, 0.2) is 93.9 Å². The summed E-state index contributed by atoms with van der Waals surface area (Å²) in [6, 6.07) is 21.9. The highest BCUT2D eigenvalue weighted by Crippen LogP contribution is 2.45. The predicted octanol–water partition coefficient (Wildman–Crippen LogP) is 7.70. The Morgan fingerprint density at radius 3 is 2.67 bits per heavy atom. The summed E-state index contributed by atoms with van der Waals surface area (Å²) in [5.41, 5.74) is 5.49. The first-order valence-electron chi connectivity index (χ1n) is 11.5. The summed E-state index contributed by atoms with van der Waals surface area (Å²) in [4.78, 5) is 3.66. The second kappa shape index (κ2) is 8.19. The molecule has 4 heteroatoms. The van der Waals surface area contributed by atoms with E-state index in [0.29, 0.717) is 5.92 Å². The van der Waals surface area contributed by atoms with Crippen LogP contribution < -0.4 is 9.47 Å². The van der Waals surface area contributed by atoms with Crippen molar-refractivity contribution in [3.63, 3.8) is 0 Å². The van der Waals surface area contributed by atoms with E-state index in [1.165, 1.54) is 52.8 Å². The van der Waals surface area contributed by atoms with E-state index in [-0.39, 0.29) is 0 Å². The van der Waals surface area contributed by atoms with Gasteiger partial charge in [0, 0.05) is 18.0 Å². The molecule has 1 atom stereocenters. The normalized spacial score (nSPS) is 20.8. The number of hydrogen-bond acceptors (Lipinski definition) is 3. The first-order valence-corrected chi connectivity index (χ1v) is 13.1. The number of hydrogen-bond donors (Lipinski definition) is 0. The Kier molecular flexibility index (Phi) is 5.16. The first kappa shape index (κ1) is 20.8. The molecule has 33 heavy (non-hydrogen) atoms. The third-order valence-electron chi connectivity index (χ3n) is 6.67. The molecule has 6 rings (SSSR count). The Hall–Kier alpha value is -2.82. The maximum Gasteiger partial charge on any atom is 0.262 e. The minimum absolute atomic E-state index is 0.646. The Balaban J connectivity index is 1.38. The number of benzene rings is 3. The summed E-state index contributed by atoms with van der Waals surface area (Å²) in [6.07, 6.45) is 9.49. The Morgan fingerprint density at radius 2 is 1.79 bits per heavy atom. The van der Waals surface area contributed by atoms with Crippen LogP contribution in [-0.2, 0) is 7.05 Å². The molecule has 0 saturated carbocycles. The van der Waals surface area contributed by atoms with E-state index in [1.807, 2.05) is 23.1 Å². The van der Waals surface area contributed by atoms with Gasteiger partial charge in [0.05, 0.1) is 16.1 Å². The summed E-state index contributed by atoms with van der Waals surface area (Å²) in [5, 5.41) is 5.26. The van der Waals surface area contributed by atoms with E-state index in [4.69, 9.17) is 0 Å². The fourth-order valence-corrected chi connectivity index (χ4v) is 7.35. The van der Waals surface area contributed by atoms with E-state index < -0.39 is 0 Å². The van der Waals surface area contributed by atoms with Crippen LogP contribution in [0.4, 0.5) is 5.69 Å². The Labute approximate surface area is 203 Å². The van der Waals surface area contributed by atoms with Crippen LogP contribution in [0.3, 0.4) is 0 Å². The van der Waals surface area contributed by atoms with Crippen molar-refractivity contribution in [1.29, 1.82) is 0 Å². The number of para-hydroxylation sites is 1. The van der Waals surface area contributed by atoms with Crippen LogP contribution in [0.25, 0.3) is 27.1 Å². The molecule has 0 radical (unpaired) electrons. The van der Waals surface area contributed by atoms with Gasteiger partial charge in [-0.15, -0.1) is 0 Å². The third kappa shape index (κ3) is 3.71. The smallest absolute Gasteiger partial charge is 0.262 e. The molecule has 1 aromatic heterocycles. The number of rotatable bonds is 2. The van der Waals surface area contributed by atoms with E-state index in [9.17, 15) is 0 Å². The lowest BCUT2D eigenvalue weighted by atomic mass is 9.87. The summed E-state index contributed by atoms with van der Waals surface area (Å²) in [5.74, 6) is 0.646. The molecule has 1 aliphatic heterocycles. The lowest BCUT2D eigenvalue weighted by Crippen LogP contribution is -2.29. The zero-order valence-corrected chi connectivity index (χ0v) is 20.8. The van der Waals surface area contributed by atoms with Crippen molar-refractivity contribution >= 4 is 55.9 Å². The fourth-order valence-electron chi connectivity index (χ4n) is 5.08. The second-order valence-electron chi connectivity index (χ2n) is 9.20. The van der Waals surface area contributed by atoms with Crippen molar-refractivity contribution < 1.29 is 4.57 Å². The highest BCUT2D eigenvalue weighted by atomic mass is 32.2. The lowest BCUT2D eigenvalue weighted by molar-refractivity contribution is -0.641. The van der Waals surface area contributed by atoms with Crippen LogP contribution in [0.5, 0.6) is 0 Å². The molecule has 2 nitrogen and oxygen atoms in total. The summed E-state index contributed by atoms with van der Waals surface area (Å²) in [7, 11) is 4.38. The van der Waals surface area contributed by atoms with E-state index in [2.05, 4.69) is 109 Å². The molecule has 0 amide bonds. The molecule has 4 aromatic rings. The van der Waals surface area contributed by atoms with E-state index in [1.54, 1.807) is 0 Å². The van der Waals surface area contributed by atoms with Crippen molar-refractivity contribution in [2.45, 2.75) is 24.7 Å². The van der Waals surface area contributed by atoms with Gasteiger partial charge in [0.1, 0.15) is 11.7 Å². The van der Waals surface area contributed by atoms with Crippen LogP contribution >= 0.6 is 23.1 Å². The zero-order chi connectivity index (χ0) is 22.5. The van der Waals surface area contributed by atoms with Gasteiger partial charge in [-0.25, -0.2) is 0 Å². The van der Waals surface area contributed by atoms with Gasteiger partial charge in [0.25, 0.3) is 5.01 Å². The van der Waals surface area contributed by atoms with Crippen LogP contribution in [0.1, 0.15) is 24.8 Å². The number of anilines is 1. The van der Waals surface area contributed by atoms with Crippen molar-refractivity contribution in [1.82, 2.24) is 0 Å². The van der Waals surface area contributed by atoms with Gasteiger partial charge in [0.2, 0.25) is 5.52 Å². The van der Waals surface area contributed by atoms with Gasteiger partial charge >= 0.3 is 0 Å². The lowest BCUT2D eigenvalue weighted by Gasteiger charge is -2.21. The molecular formula is C29H27N2S2+. The molecule has 0 saturated heterocycles. The number of thiazole rings is 1. The minimum atomic E-state index is 0.646. The number of allylic oxidation sites excluding steroid dienone is 4. The van der Waals surface area contributed by atoms with E-state index in [0.717, 1.165) is 12.8 Å². The molecule has 0 bridgehead atoms. The molecule has 164 valence electrons. The van der Waals surface area contributed by atoms with E-state index >= 15 is 0 Å². The van der Waals surface area contributed by atoms with Crippen LogP contribution in [-0.4, -0.2) is 7.05 Å². The van der Waals surface area contributed by atoms with Crippen LogP contribution in [0, 0.1) is 5.92 Å². The molecule has 2 heterocycles. The van der Waals surface area contributed by atoms with Crippen molar-refractivity contribution in [3.05, 3.63) is 94.0 Å². The van der Waals surface area contributed by atoms with Gasteiger partial charge in [0.15, 0.2) is 0 Å². The molecule has 1 unspecified atom stereocenters. The third-order valence-corrected chi connectivity index (χ3v) is 8.99. The average molecular weight is 468 g/mol. The molecule has 1 aliphatic carbocycles. The number of aryl methyl sites for hydroxylation is 1. The van der Waals surface area contributed by atoms with Crippen molar-refractivity contribution in [2.75, 3.05) is 11.9 Å². The fraction of sp³-hybridized carbons (Fsp3) is 0.207. The van der Waals surface area contributed by atoms with Crippen LogP contribution in [0.2, 0.25) is 0 Å². The van der Waals surface area contributed by atoms with Crippen molar-refractivity contribution in [2.24, 2.45) is 13.0 Å². The summed E-state index contributed by atoms with van der Waals surface area (Å²) in [6.45, 7) is 2.37. The zero-order valence-electron chi connectivity index (χ0n) is 19.2. The largest absolute Gasteiger partial charge is 0.338 e. The van der Waals surface area contributed by atoms with Gasteiger partial charge in [-0.1, -0.05) is 72.5 Å². The molecular weight excluding hydrogens is 440 g/mol. The summed E-state index contributed by atoms with van der Waals surface area (Å²) < 4.78 is 3.72. The predicted molar refractivity (Wildman–Crippen MR) is 144 cm³/mol. The van der Waals surface area contributed by atoms with Crippen molar-refractivity contribution in [3.8, 4) is 0 Å². The topological polar surface area (TPSA) is 7.12 Å². The maximum atomic E-state index is 2.42.